The Kier molecular flexibility index (Phi) is 5.11. The van der Waals surface area contributed by atoms with Crippen LogP contribution in [-0.2, 0) is 4.79 Å². The molecule has 2 N–H and O–H groups in total. The van der Waals surface area contributed by atoms with Crippen molar-refractivity contribution in [2.24, 2.45) is 0 Å². The van der Waals surface area contributed by atoms with Crippen LogP contribution in [-0.4, -0.2) is 19.0 Å². The van der Waals surface area contributed by atoms with Crippen LogP contribution in [0, 0.1) is 17.1 Å². The van der Waals surface area contributed by atoms with Crippen molar-refractivity contribution in [2.45, 2.75) is 13.3 Å². The van der Waals surface area contributed by atoms with Crippen molar-refractivity contribution >= 4 is 11.6 Å². The zero-order chi connectivity index (χ0) is 12.7. The van der Waals surface area contributed by atoms with Gasteiger partial charge in [-0.3, -0.25) is 4.79 Å². The lowest BCUT2D eigenvalue weighted by Gasteiger charge is -2.07. The van der Waals surface area contributed by atoms with Gasteiger partial charge in [0.05, 0.1) is 11.3 Å². The number of carbonyl (C=O) groups is 1. The summed E-state index contributed by atoms with van der Waals surface area (Å²) < 4.78 is 12.8. The summed E-state index contributed by atoms with van der Waals surface area (Å²) in [6.07, 6.45) is 0.316. The molecule has 0 heterocycles. The maximum atomic E-state index is 12.8. The highest BCUT2D eigenvalue weighted by molar-refractivity contribution is 5.92. The van der Waals surface area contributed by atoms with Crippen molar-refractivity contribution in [1.82, 2.24) is 5.32 Å². The Hall–Kier alpha value is -1.93. The van der Waals surface area contributed by atoms with Crippen LogP contribution in [0.15, 0.2) is 18.2 Å². The highest BCUT2D eigenvalue weighted by Crippen LogP contribution is 2.15. The number of nitrogens with zero attached hydrogens (tertiary/aromatic N) is 1. The van der Waals surface area contributed by atoms with Gasteiger partial charge in [-0.2, -0.15) is 5.26 Å². The van der Waals surface area contributed by atoms with Crippen LogP contribution < -0.4 is 10.6 Å². The predicted molar refractivity (Wildman–Crippen MR) is 62.9 cm³/mol. The molecule has 0 bridgehead atoms. The zero-order valence-corrected chi connectivity index (χ0v) is 9.59. The lowest BCUT2D eigenvalue weighted by molar-refractivity contribution is -0.116. The Morgan fingerprint density at radius 1 is 1.53 bits per heavy atom. The first-order chi connectivity index (χ1) is 8.17. The summed E-state index contributed by atoms with van der Waals surface area (Å²) in [4.78, 5) is 11.5. The largest absolute Gasteiger partial charge is 0.325 e. The van der Waals surface area contributed by atoms with Gasteiger partial charge in [-0.25, -0.2) is 4.39 Å². The fourth-order valence-electron chi connectivity index (χ4n) is 1.31. The van der Waals surface area contributed by atoms with Gasteiger partial charge in [-0.05, 0) is 24.7 Å². The van der Waals surface area contributed by atoms with E-state index in [2.05, 4.69) is 10.6 Å². The number of hydrogen-bond donors (Lipinski definition) is 2. The Bertz CT molecular complexity index is 440. The summed E-state index contributed by atoms with van der Waals surface area (Å²) in [5.74, 6) is -0.693. The van der Waals surface area contributed by atoms with Crippen LogP contribution in [0.2, 0.25) is 0 Å². The highest BCUT2D eigenvalue weighted by Gasteiger charge is 2.07. The van der Waals surface area contributed by atoms with E-state index in [1.54, 1.807) is 0 Å². The molecule has 1 aromatic rings. The van der Waals surface area contributed by atoms with Crippen molar-refractivity contribution in [2.75, 3.05) is 18.4 Å². The van der Waals surface area contributed by atoms with E-state index in [9.17, 15) is 9.18 Å². The highest BCUT2D eigenvalue weighted by atomic mass is 19.1. The van der Waals surface area contributed by atoms with Gasteiger partial charge in [0.2, 0.25) is 5.91 Å². The van der Waals surface area contributed by atoms with Crippen molar-refractivity contribution in [1.29, 1.82) is 5.26 Å². The molecule has 0 atom stereocenters. The third-order valence-corrected chi connectivity index (χ3v) is 2.15. The number of carbonyl (C=O) groups excluding carboxylic acids is 1. The molecule has 5 heteroatoms. The normalized spacial score (nSPS) is 9.71. The molecular weight excluding hydrogens is 221 g/mol. The zero-order valence-electron chi connectivity index (χ0n) is 9.59. The van der Waals surface area contributed by atoms with Crippen molar-refractivity contribution in [3.63, 3.8) is 0 Å². The summed E-state index contributed by atoms with van der Waals surface area (Å²) in [6, 6.07) is 5.53. The van der Waals surface area contributed by atoms with E-state index in [0.717, 1.165) is 12.6 Å². The first kappa shape index (κ1) is 13.1. The van der Waals surface area contributed by atoms with Crippen LogP contribution in [0.4, 0.5) is 10.1 Å². The van der Waals surface area contributed by atoms with E-state index < -0.39 is 5.82 Å². The molecule has 0 radical (unpaired) electrons. The minimum atomic E-state index is -0.493. The van der Waals surface area contributed by atoms with Crippen molar-refractivity contribution in [3.05, 3.63) is 29.6 Å². The first-order valence-electron chi connectivity index (χ1n) is 5.37. The van der Waals surface area contributed by atoms with E-state index in [4.69, 9.17) is 5.26 Å². The molecule has 0 unspecified atom stereocenters. The lowest BCUT2D eigenvalue weighted by atomic mass is 10.2. The fourth-order valence-corrected chi connectivity index (χ4v) is 1.31. The minimum Gasteiger partial charge on any atom is -0.325 e. The van der Waals surface area contributed by atoms with E-state index in [1.165, 1.54) is 12.1 Å². The van der Waals surface area contributed by atoms with Gasteiger partial charge in [0.15, 0.2) is 0 Å². The second-order valence-corrected chi connectivity index (χ2v) is 3.45. The van der Waals surface area contributed by atoms with Gasteiger partial charge in [0.1, 0.15) is 11.9 Å². The smallest absolute Gasteiger partial charge is 0.225 e. The number of benzene rings is 1. The lowest BCUT2D eigenvalue weighted by Crippen LogP contribution is -2.21. The topological polar surface area (TPSA) is 64.9 Å². The molecule has 0 spiro atoms. The first-order valence-corrected chi connectivity index (χ1v) is 5.37. The summed E-state index contributed by atoms with van der Waals surface area (Å²) in [7, 11) is 0. The molecule has 0 aliphatic carbocycles. The molecule has 0 saturated heterocycles. The minimum absolute atomic E-state index is 0.127. The van der Waals surface area contributed by atoms with Crippen LogP contribution in [0.25, 0.3) is 0 Å². The second-order valence-electron chi connectivity index (χ2n) is 3.45. The Labute approximate surface area is 99.4 Å². The number of anilines is 1. The van der Waals surface area contributed by atoms with Crippen LogP contribution in [0.1, 0.15) is 18.9 Å². The van der Waals surface area contributed by atoms with Crippen LogP contribution in [0.5, 0.6) is 0 Å². The van der Waals surface area contributed by atoms with E-state index in [-0.39, 0.29) is 11.5 Å². The third kappa shape index (κ3) is 4.21. The number of nitriles is 1. The molecule has 1 amide bonds. The molecule has 90 valence electrons. The molecule has 1 rings (SSSR count). The number of halogens is 1. The standard InChI is InChI=1S/C12H14FN3O/c1-2-15-6-5-12(17)16-11-4-3-10(13)7-9(11)8-14/h3-4,7,15H,2,5-6H2,1H3,(H,16,17). The quantitative estimate of drug-likeness (QED) is 0.762. The molecular formula is C12H14FN3O. The molecule has 0 aliphatic rings. The van der Waals surface area contributed by atoms with Gasteiger partial charge in [0, 0.05) is 13.0 Å². The number of hydrogen-bond acceptors (Lipinski definition) is 3. The Morgan fingerprint density at radius 3 is 2.94 bits per heavy atom. The molecule has 0 saturated carbocycles. The summed E-state index contributed by atoms with van der Waals surface area (Å²) >= 11 is 0. The average molecular weight is 235 g/mol. The number of nitrogens with one attached hydrogen (secondary N) is 2. The van der Waals surface area contributed by atoms with Gasteiger partial charge in [-0.1, -0.05) is 6.92 Å². The summed E-state index contributed by atoms with van der Waals surface area (Å²) in [5.41, 5.74) is 0.470. The number of amides is 1. The van der Waals surface area contributed by atoms with E-state index >= 15 is 0 Å². The maximum Gasteiger partial charge on any atom is 0.225 e. The maximum absolute atomic E-state index is 12.8. The average Bonchev–Trinajstić information content (AvgIpc) is 2.32. The second kappa shape index (κ2) is 6.61. The summed E-state index contributed by atoms with van der Waals surface area (Å²) in [5, 5.41) is 14.4. The van der Waals surface area contributed by atoms with Gasteiger partial charge in [0.25, 0.3) is 0 Å². The molecule has 17 heavy (non-hydrogen) atoms. The van der Waals surface area contributed by atoms with Gasteiger partial charge < -0.3 is 10.6 Å². The monoisotopic (exact) mass is 235 g/mol. The van der Waals surface area contributed by atoms with E-state index in [0.29, 0.717) is 18.7 Å². The summed E-state index contributed by atoms with van der Waals surface area (Å²) in [6.45, 7) is 3.32. The molecule has 0 aromatic heterocycles. The van der Waals surface area contributed by atoms with E-state index in [1.807, 2.05) is 13.0 Å². The fraction of sp³-hybridized carbons (Fsp3) is 0.333. The van der Waals surface area contributed by atoms with Gasteiger partial charge in [-0.15, -0.1) is 0 Å². The predicted octanol–water partition coefficient (Wildman–Crippen LogP) is 1.64. The molecule has 4 nitrogen and oxygen atoms in total. The van der Waals surface area contributed by atoms with Crippen LogP contribution in [0.3, 0.4) is 0 Å². The molecule has 0 aliphatic heterocycles. The SMILES string of the molecule is CCNCCC(=O)Nc1ccc(F)cc1C#N. The molecule has 1 aromatic carbocycles. The van der Waals surface area contributed by atoms with Crippen LogP contribution >= 0.6 is 0 Å². The van der Waals surface area contributed by atoms with Crippen molar-refractivity contribution < 1.29 is 9.18 Å². The Balaban J connectivity index is 2.62. The number of rotatable bonds is 5. The van der Waals surface area contributed by atoms with Crippen molar-refractivity contribution in [3.8, 4) is 6.07 Å². The molecule has 0 fully saturated rings. The third-order valence-electron chi connectivity index (χ3n) is 2.15. The van der Waals surface area contributed by atoms with Gasteiger partial charge >= 0.3 is 0 Å². The Morgan fingerprint density at radius 2 is 2.29 bits per heavy atom.